The van der Waals surface area contributed by atoms with E-state index in [1.807, 2.05) is 57.2 Å². The van der Waals surface area contributed by atoms with Gasteiger partial charge in [0.25, 0.3) is 5.56 Å². The second-order valence-corrected chi connectivity index (χ2v) is 7.44. The van der Waals surface area contributed by atoms with E-state index in [1.54, 1.807) is 6.07 Å². The highest BCUT2D eigenvalue weighted by Gasteiger charge is 2.12. The first-order valence-electron chi connectivity index (χ1n) is 10.1. The molecule has 0 unspecified atom stereocenters. The van der Waals surface area contributed by atoms with E-state index in [0.29, 0.717) is 11.4 Å². The largest absolute Gasteiger partial charge is 0.326 e. The van der Waals surface area contributed by atoms with Crippen LogP contribution in [0.3, 0.4) is 0 Å². The summed E-state index contributed by atoms with van der Waals surface area (Å²) in [6, 6.07) is 14.4. The van der Waals surface area contributed by atoms with Crippen molar-refractivity contribution in [3.05, 3.63) is 75.6 Å². The lowest BCUT2D eigenvalue weighted by Crippen LogP contribution is -2.29. The number of nitrogens with one attached hydrogen (secondary N) is 2. The predicted molar refractivity (Wildman–Crippen MR) is 122 cm³/mol. The van der Waals surface area contributed by atoms with Gasteiger partial charge in [-0.3, -0.25) is 14.4 Å². The lowest BCUT2D eigenvalue weighted by molar-refractivity contribution is -0.117. The van der Waals surface area contributed by atoms with Crippen molar-refractivity contribution < 1.29 is 9.59 Å². The predicted octanol–water partition coefficient (Wildman–Crippen LogP) is 3.69. The van der Waals surface area contributed by atoms with E-state index in [1.165, 1.54) is 13.0 Å². The minimum absolute atomic E-state index is 0.159. The van der Waals surface area contributed by atoms with Gasteiger partial charge in [0.2, 0.25) is 11.8 Å². The number of para-hydroxylation sites is 1. The lowest BCUT2D eigenvalue weighted by Gasteiger charge is -2.13. The average molecular weight is 418 g/mol. The van der Waals surface area contributed by atoms with Gasteiger partial charge in [-0.1, -0.05) is 37.3 Å². The molecule has 0 bridgehead atoms. The number of hydrogen-bond acceptors (Lipinski definition) is 4. The van der Waals surface area contributed by atoms with Crippen LogP contribution in [0.4, 0.5) is 11.4 Å². The summed E-state index contributed by atoms with van der Waals surface area (Å²) in [4.78, 5) is 36.4. The van der Waals surface area contributed by atoms with Crippen molar-refractivity contribution in [2.75, 3.05) is 10.6 Å². The zero-order valence-electron chi connectivity index (χ0n) is 18.2. The summed E-state index contributed by atoms with van der Waals surface area (Å²) in [5.41, 5.74) is 5.26. The molecule has 0 saturated heterocycles. The van der Waals surface area contributed by atoms with Crippen LogP contribution >= 0.6 is 0 Å². The Morgan fingerprint density at radius 2 is 1.71 bits per heavy atom. The monoisotopic (exact) mass is 418 g/mol. The van der Waals surface area contributed by atoms with Gasteiger partial charge < -0.3 is 10.6 Å². The van der Waals surface area contributed by atoms with E-state index in [9.17, 15) is 14.4 Å². The van der Waals surface area contributed by atoms with Crippen molar-refractivity contribution in [3.63, 3.8) is 0 Å². The Balaban J connectivity index is 1.88. The molecular weight excluding hydrogens is 392 g/mol. The number of amides is 2. The third-order valence-corrected chi connectivity index (χ3v) is 5.00. The van der Waals surface area contributed by atoms with E-state index < -0.39 is 0 Å². The molecule has 0 aliphatic rings. The fourth-order valence-electron chi connectivity index (χ4n) is 3.39. The van der Waals surface area contributed by atoms with Crippen molar-refractivity contribution in [2.24, 2.45) is 0 Å². The van der Waals surface area contributed by atoms with E-state index >= 15 is 0 Å². The average Bonchev–Trinajstić information content (AvgIpc) is 2.72. The van der Waals surface area contributed by atoms with Gasteiger partial charge in [0, 0.05) is 29.9 Å². The molecule has 3 aromatic rings. The third-order valence-electron chi connectivity index (χ3n) is 5.00. The van der Waals surface area contributed by atoms with Crippen molar-refractivity contribution in [1.29, 1.82) is 0 Å². The maximum Gasteiger partial charge on any atom is 0.267 e. The molecule has 3 rings (SSSR count). The van der Waals surface area contributed by atoms with Gasteiger partial charge in [-0.2, -0.15) is 5.10 Å². The Hall–Kier alpha value is -3.74. The van der Waals surface area contributed by atoms with Crippen molar-refractivity contribution in [3.8, 4) is 11.3 Å². The smallest absolute Gasteiger partial charge is 0.267 e. The first kappa shape index (κ1) is 22.0. The summed E-state index contributed by atoms with van der Waals surface area (Å²) in [5.74, 6) is -0.489. The molecule has 1 aromatic heterocycles. The maximum atomic E-state index is 12.6. The number of nitrogens with zero attached hydrogens (tertiary/aromatic N) is 2. The van der Waals surface area contributed by atoms with Crippen LogP contribution in [0.5, 0.6) is 0 Å². The highest BCUT2D eigenvalue weighted by molar-refractivity contribution is 5.92. The summed E-state index contributed by atoms with van der Waals surface area (Å²) in [6.07, 6.45) is 0.765. The van der Waals surface area contributed by atoms with Gasteiger partial charge in [-0.05, 0) is 49.1 Å². The quantitative estimate of drug-likeness (QED) is 0.639. The van der Waals surface area contributed by atoms with E-state index in [4.69, 9.17) is 0 Å². The van der Waals surface area contributed by atoms with Crippen molar-refractivity contribution >= 4 is 23.2 Å². The summed E-state index contributed by atoms with van der Waals surface area (Å²) in [6.45, 7) is 7.10. The highest BCUT2D eigenvalue weighted by atomic mass is 16.2. The standard InChI is InChI=1S/C24H26N4O3/c1-5-18-9-10-19(13-21(18)25-17(4)29)20-11-12-23(31)28(27-20)14-22(30)26-24-15(2)7-6-8-16(24)3/h6-13H,5,14H2,1-4H3,(H,25,29)(H,26,30). The topological polar surface area (TPSA) is 93.1 Å². The normalized spacial score (nSPS) is 10.6. The van der Waals surface area contributed by atoms with Gasteiger partial charge in [0.1, 0.15) is 6.54 Å². The molecule has 7 heteroatoms. The van der Waals surface area contributed by atoms with E-state index in [2.05, 4.69) is 15.7 Å². The van der Waals surface area contributed by atoms with Crippen LogP contribution in [0.25, 0.3) is 11.3 Å². The molecule has 0 saturated carbocycles. The number of benzene rings is 2. The Bertz CT molecular complexity index is 1180. The van der Waals surface area contributed by atoms with Gasteiger partial charge in [-0.25, -0.2) is 4.68 Å². The highest BCUT2D eigenvalue weighted by Crippen LogP contribution is 2.25. The van der Waals surface area contributed by atoms with Crippen LogP contribution in [-0.4, -0.2) is 21.6 Å². The van der Waals surface area contributed by atoms with Crippen molar-refractivity contribution in [2.45, 2.75) is 40.7 Å². The summed E-state index contributed by atoms with van der Waals surface area (Å²) < 4.78 is 1.14. The SMILES string of the molecule is CCc1ccc(-c2ccc(=O)n(CC(=O)Nc3c(C)cccc3C)n2)cc1NC(C)=O. The third kappa shape index (κ3) is 5.25. The fourth-order valence-corrected chi connectivity index (χ4v) is 3.39. The maximum absolute atomic E-state index is 12.6. The van der Waals surface area contributed by atoms with Crippen LogP contribution < -0.4 is 16.2 Å². The number of anilines is 2. The summed E-state index contributed by atoms with van der Waals surface area (Å²) in [7, 11) is 0. The molecule has 0 fully saturated rings. The molecule has 0 atom stereocenters. The van der Waals surface area contributed by atoms with E-state index in [-0.39, 0.29) is 23.9 Å². The molecule has 31 heavy (non-hydrogen) atoms. The number of carbonyl (C=O) groups is 2. The Labute approximate surface area is 181 Å². The number of rotatable bonds is 6. The Kier molecular flexibility index (Phi) is 6.65. The van der Waals surface area contributed by atoms with Gasteiger partial charge in [-0.15, -0.1) is 0 Å². The second-order valence-electron chi connectivity index (χ2n) is 7.44. The van der Waals surface area contributed by atoms with Crippen LogP contribution in [0, 0.1) is 13.8 Å². The zero-order chi connectivity index (χ0) is 22.5. The first-order chi connectivity index (χ1) is 14.8. The minimum atomic E-state index is -0.368. The van der Waals surface area contributed by atoms with E-state index in [0.717, 1.165) is 39.0 Å². The second kappa shape index (κ2) is 9.38. The number of aryl methyl sites for hydroxylation is 3. The molecule has 0 radical (unpaired) electrons. The molecule has 7 nitrogen and oxygen atoms in total. The zero-order valence-corrected chi connectivity index (χ0v) is 18.2. The number of carbonyl (C=O) groups excluding carboxylic acids is 2. The molecule has 2 amide bonds. The van der Waals surface area contributed by atoms with Crippen LogP contribution in [0.15, 0.2) is 53.3 Å². The minimum Gasteiger partial charge on any atom is -0.326 e. The molecular formula is C24H26N4O3. The molecule has 160 valence electrons. The Morgan fingerprint density at radius 1 is 1.00 bits per heavy atom. The number of hydrogen-bond donors (Lipinski definition) is 2. The Morgan fingerprint density at radius 3 is 2.35 bits per heavy atom. The number of aromatic nitrogens is 2. The molecule has 0 aliphatic carbocycles. The van der Waals surface area contributed by atoms with Crippen LogP contribution in [0.1, 0.15) is 30.5 Å². The van der Waals surface area contributed by atoms with Crippen molar-refractivity contribution in [1.82, 2.24) is 9.78 Å². The summed E-state index contributed by atoms with van der Waals surface area (Å²) in [5, 5.41) is 10.1. The molecule has 1 heterocycles. The van der Waals surface area contributed by atoms with Gasteiger partial charge in [0.15, 0.2) is 0 Å². The van der Waals surface area contributed by atoms with Crippen LogP contribution in [-0.2, 0) is 22.6 Å². The molecule has 0 spiro atoms. The molecule has 2 N–H and O–H groups in total. The van der Waals surface area contributed by atoms with Gasteiger partial charge in [0.05, 0.1) is 5.69 Å². The molecule has 0 aliphatic heterocycles. The first-order valence-corrected chi connectivity index (χ1v) is 10.1. The lowest BCUT2D eigenvalue weighted by atomic mass is 10.0. The van der Waals surface area contributed by atoms with Gasteiger partial charge >= 0.3 is 0 Å². The summed E-state index contributed by atoms with van der Waals surface area (Å²) >= 11 is 0. The fraction of sp³-hybridized carbons (Fsp3) is 0.250. The van der Waals surface area contributed by atoms with Crippen LogP contribution in [0.2, 0.25) is 0 Å². The molecule has 2 aromatic carbocycles.